The number of hydrogen-bond donors (Lipinski definition) is 1. The fraction of sp³-hybridized carbons (Fsp3) is 0.577. The third kappa shape index (κ3) is 5.81. The van der Waals surface area contributed by atoms with Gasteiger partial charge in [0.2, 0.25) is 5.95 Å². The molecule has 8 heteroatoms. The average Bonchev–Trinajstić information content (AvgIpc) is 3.31. The molecule has 3 heterocycles. The first-order valence-corrected chi connectivity index (χ1v) is 12.8. The standard InChI is InChI=1S/C26H36ClN5O2/c1-18-13-23(14-19(2)24(18)25(33)32-9-3-6-22(32)15-28)34-12-4-5-20-7-10-31(11-8-20)26-29-16-21(27)17-30-26/h13-14,16-17,20,22H,3-12,15,28H2,1-2H3/t22-/m1/s1. The molecule has 0 spiro atoms. The van der Waals surface area contributed by atoms with Gasteiger partial charge in [-0.2, -0.15) is 0 Å². The van der Waals surface area contributed by atoms with Crippen molar-refractivity contribution in [2.24, 2.45) is 11.7 Å². The van der Waals surface area contributed by atoms with Crippen LogP contribution in [-0.2, 0) is 0 Å². The molecule has 0 bridgehead atoms. The summed E-state index contributed by atoms with van der Waals surface area (Å²) in [5.41, 5.74) is 8.61. The van der Waals surface area contributed by atoms with Crippen LogP contribution in [0.3, 0.4) is 0 Å². The number of piperidine rings is 1. The average molecular weight is 486 g/mol. The minimum Gasteiger partial charge on any atom is -0.494 e. The van der Waals surface area contributed by atoms with Crippen molar-refractivity contribution in [2.45, 2.75) is 58.4 Å². The fourth-order valence-electron chi connectivity index (χ4n) is 5.29. The lowest BCUT2D eigenvalue weighted by molar-refractivity contribution is 0.0739. The number of nitrogens with two attached hydrogens (primary N) is 1. The second-order valence-corrected chi connectivity index (χ2v) is 10.0. The van der Waals surface area contributed by atoms with Crippen molar-refractivity contribution in [1.29, 1.82) is 0 Å². The lowest BCUT2D eigenvalue weighted by atomic mass is 9.92. The number of aryl methyl sites for hydroxylation is 2. The van der Waals surface area contributed by atoms with E-state index >= 15 is 0 Å². The van der Waals surface area contributed by atoms with Gasteiger partial charge in [-0.1, -0.05) is 11.6 Å². The van der Waals surface area contributed by atoms with Crippen LogP contribution in [0.2, 0.25) is 5.02 Å². The first-order valence-electron chi connectivity index (χ1n) is 12.4. The molecule has 0 aliphatic carbocycles. The Hall–Kier alpha value is -2.38. The first-order chi connectivity index (χ1) is 16.5. The molecule has 1 atom stereocenters. The van der Waals surface area contributed by atoms with Crippen molar-refractivity contribution >= 4 is 23.5 Å². The van der Waals surface area contributed by atoms with Gasteiger partial charge in [0.1, 0.15) is 5.75 Å². The van der Waals surface area contributed by atoms with Crippen molar-refractivity contribution in [3.8, 4) is 5.75 Å². The number of aromatic nitrogens is 2. The number of nitrogens with zero attached hydrogens (tertiary/aromatic N) is 4. The van der Waals surface area contributed by atoms with Crippen LogP contribution in [0.25, 0.3) is 0 Å². The summed E-state index contributed by atoms with van der Waals surface area (Å²) in [4.78, 5) is 26.0. The number of anilines is 1. The molecule has 184 valence electrons. The molecule has 4 rings (SSSR count). The molecular formula is C26H36ClN5O2. The van der Waals surface area contributed by atoms with E-state index in [0.717, 1.165) is 86.5 Å². The summed E-state index contributed by atoms with van der Waals surface area (Å²) in [5, 5.41) is 0.567. The number of halogens is 1. The van der Waals surface area contributed by atoms with Crippen LogP contribution in [0.15, 0.2) is 24.5 Å². The molecule has 34 heavy (non-hydrogen) atoms. The Bertz CT molecular complexity index is 953. The van der Waals surface area contributed by atoms with Crippen LogP contribution >= 0.6 is 11.6 Å². The Morgan fingerprint density at radius 2 is 1.79 bits per heavy atom. The van der Waals surface area contributed by atoms with Crippen molar-refractivity contribution in [3.63, 3.8) is 0 Å². The predicted octanol–water partition coefficient (Wildman–Crippen LogP) is 4.39. The molecule has 1 aromatic carbocycles. The van der Waals surface area contributed by atoms with E-state index in [9.17, 15) is 4.79 Å². The number of hydrogen-bond acceptors (Lipinski definition) is 6. The quantitative estimate of drug-likeness (QED) is 0.558. The van der Waals surface area contributed by atoms with Crippen LogP contribution in [-0.4, -0.2) is 59.6 Å². The van der Waals surface area contributed by atoms with Gasteiger partial charge in [-0.15, -0.1) is 0 Å². The highest BCUT2D eigenvalue weighted by molar-refractivity contribution is 6.30. The summed E-state index contributed by atoms with van der Waals surface area (Å²) in [6, 6.07) is 4.16. The molecule has 2 saturated heterocycles. The summed E-state index contributed by atoms with van der Waals surface area (Å²) in [5.74, 6) is 2.41. The number of ether oxygens (including phenoxy) is 1. The molecular weight excluding hydrogens is 450 g/mol. The van der Waals surface area contributed by atoms with E-state index in [-0.39, 0.29) is 11.9 Å². The molecule has 2 N–H and O–H groups in total. The summed E-state index contributed by atoms with van der Waals surface area (Å²) in [6.07, 6.45) is 9.79. The highest BCUT2D eigenvalue weighted by Gasteiger charge is 2.30. The Labute approximate surface area is 207 Å². The zero-order valence-corrected chi connectivity index (χ0v) is 21.1. The lowest BCUT2D eigenvalue weighted by Crippen LogP contribution is -2.40. The zero-order chi connectivity index (χ0) is 24.1. The van der Waals surface area contributed by atoms with Crippen LogP contribution in [0.4, 0.5) is 5.95 Å². The molecule has 2 aliphatic rings. The Balaban J connectivity index is 1.23. The number of rotatable bonds is 8. The smallest absolute Gasteiger partial charge is 0.254 e. The SMILES string of the molecule is Cc1cc(OCCCC2CCN(c3ncc(Cl)cn3)CC2)cc(C)c1C(=O)N1CCC[C@@H]1CN. The van der Waals surface area contributed by atoms with Gasteiger partial charge in [0.05, 0.1) is 24.0 Å². The molecule has 1 amide bonds. The third-order valence-corrected chi connectivity index (χ3v) is 7.35. The maximum atomic E-state index is 13.1. The van der Waals surface area contributed by atoms with Crippen molar-refractivity contribution in [2.75, 3.05) is 37.7 Å². The van der Waals surface area contributed by atoms with Gasteiger partial charge in [0.15, 0.2) is 0 Å². The predicted molar refractivity (Wildman–Crippen MR) is 136 cm³/mol. The van der Waals surface area contributed by atoms with Gasteiger partial charge < -0.3 is 20.3 Å². The van der Waals surface area contributed by atoms with Crippen molar-refractivity contribution < 1.29 is 9.53 Å². The monoisotopic (exact) mass is 485 g/mol. The van der Waals surface area contributed by atoms with Gasteiger partial charge in [-0.05, 0) is 81.5 Å². The van der Waals surface area contributed by atoms with Gasteiger partial charge in [0.25, 0.3) is 5.91 Å². The second-order valence-electron chi connectivity index (χ2n) is 9.58. The number of carbonyl (C=O) groups excluding carboxylic acids is 1. The zero-order valence-electron chi connectivity index (χ0n) is 20.3. The van der Waals surface area contributed by atoms with Crippen molar-refractivity contribution in [1.82, 2.24) is 14.9 Å². The van der Waals surface area contributed by atoms with Crippen LogP contribution < -0.4 is 15.4 Å². The first kappa shape index (κ1) is 24.7. The van der Waals surface area contributed by atoms with E-state index in [1.54, 1.807) is 12.4 Å². The van der Waals surface area contributed by atoms with Gasteiger partial charge in [0, 0.05) is 37.8 Å². The number of likely N-dealkylation sites (tertiary alicyclic amines) is 1. The van der Waals surface area contributed by atoms with Gasteiger partial charge in [-0.3, -0.25) is 4.79 Å². The van der Waals surface area contributed by atoms with Gasteiger partial charge >= 0.3 is 0 Å². The fourth-order valence-corrected chi connectivity index (χ4v) is 5.39. The summed E-state index contributed by atoms with van der Waals surface area (Å²) in [6.45, 7) is 7.96. The van der Waals surface area contributed by atoms with E-state index in [0.29, 0.717) is 24.1 Å². The number of carbonyl (C=O) groups is 1. The minimum absolute atomic E-state index is 0.102. The van der Waals surface area contributed by atoms with Crippen molar-refractivity contribution in [3.05, 3.63) is 46.2 Å². The van der Waals surface area contributed by atoms with E-state index in [4.69, 9.17) is 22.1 Å². The number of benzene rings is 1. The maximum absolute atomic E-state index is 13.1. The maximum Gasteiger partial charge on any atom is 0.254 e. The van der Waals surface area contributed by atoms with Crippen LogP contribution in [0.1, 0.15) is 60.0 Å². The van der Waals surface area contributed by atoms with E-state index in [1.807, 2.05) is 30.9 Å². The van der Waals surface area contributed by atoms with Crippen LogP contribution in [0.5, 0.6) is 5.75 Å². The van der Waals surface area contributed by atoms with Crippen LogP contribution in [0, 0.1) is 19.8 Å². The molecule has 2 aliphatic heterocycles. The molecule has 7 nitrogen and oxygen atoms in total. The lowest BCUT2D eigenvalue weighted by Gasteiger charge is -2.32. The topological polar surface area (TPSA) is 84.6 Å². The number of amides is 1. The Morgan fingerprint density at radius 1 is 1.12 bits per heavy atom. The van der Waals surface area contributed by atoms with E-state index < -0.39 is 0 Å². The minimum atomic E-state index is 0.102. The summed E-state index contributed by atoms with van der Waals surface area (Å²) < 4.78 is 6.08. The molecule has 1 aromatic heterocycles. The molecule has 0 radical (unpaired) electrons. The molecule has 2 aromatic rings. The molecule has 0 saturated carbocycles. The van der Waals surface area contributed by atoms with E-state index in [2.05, 4.69) is 14.9 Å². The Morgan fingerprint density at radius 3 is 2.44 bits per heavy atom. The molecule has 2 fully saturated rings. The third-order valence-electron chi connectivity index (χ3n) is 7.16. The molecule has 0 unspecified atom stereocenters. The summed E-state index contributed by atoms with van der Waals surface area (Å²) in [7, 11) is 0. The van der Waals surface area contributed by atoms with Gasteiger partial charge in [-0.25, -0.2) is 9.97 Å². The summed E-state index contributed by atoms with van der Waals surface area (Å²) >= 11 is 5.89. The second kappa shape index (κ2) is 11.4. The Kier molecular flexibility index (Phi) is 8.27. The highest BCUT2D eigenvalue weighted by atomic mass is 35.5. The van der Waals surface area contributed by atoms with E-state index in [1.165, 1.54) is 0 Å². The highest BCUT2D eigenvalue weighted by Crippen LogP contribution is 2.28. The largest absolute Gasteiger partial charge is 0.494 e. The normalized spacial score (nSPS) is 19.0.